The Kier molecular flexibility index (Phi) is 3.03. The van der Waals surface area contributed by atoms with Crippen molar-refractivity contribution in [3.63, 3.8) is 0 Å². The highest BCUT2D eigenvalue weighted by Gasteiger charge is 1.86. The molecular weight excluding hydrogens is 148 g/mol. The fourth-order valence-electron chi connectivity index (χ4n) is 0.798. The predicted molar refractivity (Wildman–Crippen MR) is 49.4 cm³/mol. The van der Waals surface area contributed by atoms with Gasteiger partial charge in [0.1, 0.15) is 0 Å². The molecule has 1 radical (unpaired) electrons. The fourth-order valence-corrected chi connectivity index (χ4v) is 0.798. The molecule has 0 aliphatic rings. The second-order valence-corrected chi connectivity index (χ2v) is 2.31. The summed E-state index contributed by atoms with van der Waals surface area (Å²) in [4.78, 5) is 10.7. The van der Waals surface area contributed by atoms with Crippen molar-refractivity contribution in [3.05, 3.63) is 54.6 Å². The zero-order chi connectivity index (χ0) is 8.81. The minimum Gasteiger partial charge on any atom is -0.290 e. The molecule has 0 aliphatic carbocycles. The number of ketones is 1. The maximum absolute atomic E-state index is 10.7. The van der Waals surface area contributed by atoms with E-state index in [1.54, 1.807) is 6.08 Å². The Labute approximate surface area is 72.0 Å². The zero-order valence-electron chi connectivity index (χ0n) is 6.60. The van der Waals surface area contributed by atoms with Crippen molar-refractivity contribution < 1.29 is 4.79 Å². The van der Waals surface area contributed by atoms with Crippen LogP contribution in [-0.2, 0) is 4.79 Å². The lowest BCUT2D eigenvalue weighted by atomic mass is 10.2. The van der Waals surface area contributed by atoms with E-state index in [-0.39, 0.29) is 5.78 Å². The van der Waals surface area contributed by atoms with Gasteiger partial charge in [0, 0.05) is 0 Å². The second-order valence-electron chi connectivity index (χ2n) is 2.31. The highest BCUT2D eigenvalue weighted by molar-refractivity contribution is 6.01. The molecule has 0 amide bonds. The van der Waals surface area contributed by atoms with Crippen LogP contribution in [0.1, 0.15) is 5.56 Å². The maximum atomic E-state index is 10.7. The van der Waals surface area contributed by atoms with Crippen LogP contribution >= 0.6 is 0 Å². The van der Waals surface area contributed by atoms with Crippen molar-refractivity contribution in [2.75, 3.05) is 0 Å². The minimum atomic E-state index is -0.182. The topological polar surface area (TPSA) is 17.1 Å². The third kappa shape index (κ3) is 2.54. The van der Waals surface area contributed by atoms with Crippen LogP contribution < -0.4 is 0 Å². The Hall–Kier alpha value is -1.63. The van der Waals surface area contributed by atoms with Gasteiger partial charge in [-0.25, -0.2) is 0 Å². The summed E-state index contributed by atoms with van der Waals surface area (Å²) in [5, 5.41) is 0. The van der Waals surface area contributed by atoms with Crippen molar-refractivity contribution in [3.8, 4) is 0 Å². The lowest BCUT2D eigenvalue weighted by Crippen LogP contribution is -1.82. The van der Waals surface area contributed by atoms with Crippen LogP contribution in [0.15, 0.2) is 42.5 Å². The van der Waals surface area contributed by atoms with Gasteiger partial charge in [0.25, 0.3) is 0 Å². The number of carbonyl (C=O) groups is 1. The predicted octanol–water partition coefficient (Wildman–Crippen LogP) is 2.26. The van der Waals surface area contributed by atoms with Gasteiger partial charge in [-0.3, -0.25) is 4.79 Å². The molecule has 0 bridgehead atoms. The van der Waals surface area contributed by atoms with Gasteiger partial charge in [0.2, 0.25) is 0 Å². The molecule has 0 aliphatic heterocycles. The molecule has 0 heterocycles. The molecular formula is C11H9O. The molecule has 0 saturated heterocycles. The molecule has 0 N–H and O–H groups in total. The molecule has 0 saturated carbocycles. The van der Waals surface area contributed by atoms with Gasteiger partial charge in [-0.15, -0.1) is 0 Å². The average molecular weight is 157 g/mol. The number of hydrogen-bond acceptors (Lipinski definition) is 1. The van der Waals surface area contributed by atoms with E-state index < -0.39 is 0 Å². The first-order valence-corrected chi connectivity index (χ1v) is 3.65. The molecule has 0 spiro atoms. The van der Waals surface area contributed by atoms with Crippen LogP contribution in [0.3, 0.4) is 0 Å². The Bertz CT molecular complexity index is 296. The van der Waals surface area contributed by atoms with E-state index in [2.05, 4.69) is 0 Å². The Morgan fingerprint density at radius 3 is 2.50 bits per heavy atom. The van der Waals surface area contributed by atoms with E-state index in [4.69, 9.17) is 6.58 Å². The summed E-state index contributed by atoms with van der Waals surface area (Å²) in [5.41, 5.74) is 0.993. The van der Waals surface area contributed by atoms with Gasteiger partial charge in [-0.05, 0) is 17.7 Å². The molecule has 0 aromatic heterocycles. The lowest BCUT2D eigenvalue weighted by Gasteiger charge is -1.88. The van der Waals surface area contributed by atoms with Gasteiger partial charge < -0.3 is 0 Å². The van der Waals surface area contributed by atoms with Crippen LogP contribution in [0.2, 0.25) is 0 Å². The van der Waals surface area contributed by atoms with E-state index in [9.17, 15) is 4.79 Å². The SMILES string of the molecule is [CH]=CC(=O)C=Cc1ccccc1. The zero-order valence-corrected chi connectivity index (χ0v) is 6.60. The Morgan fingerprint density at radius 1 is 1.25 bits per heavy atom. The largest absolute Gasteiger partial charge is 0.290 e. The lowest BCUT2D eigenvalue weighted by molar-refractivity contribution is -0.110. The van der Waals surface area contributed by atoms with Crippen LogP contribution in [-0.4, -0.2) is 5.78 Å². The summed E-state index contributed by atoms with van der Waals surface area (Å²) in [5.74, 6) is -0.182. The first-order chi connectivity index (χ1) is 5.83. The molecule has 0 atom stereocenters. The maximum Gasteiger partial charge on any atom is 0.178 e. The molecule has 0 fully saturated rings. The normalized spacial score (nSPS) is 10.0. The van der Waals surface area contributed by atoms with Crippen LogP contribution in [0.4, 0.5) is 0 Å². The molecule has 1 aromatic rings. The molecule has 1 heteroatoms. The summed E-state index contributed by atoms with van der Waals surface area (Å²) in [6, 6.07) is 9.58. The number of allylic oxidation sites excluding steroid dienone is 2. The van der Waals surface area contributed by atoms with Gasteiger partial charge in [-0.2, -0.15) is 0 Å². The molecule has 12 heavy (non-hydrogen) atoms. The summed E-state index contributed by atoms with van der Waals surface area (Å²) >= 11 is 0. The average Bonchev–Trinajstić information content (AvgIpc) is 2.16. The smallest absolute Gasteiger partial charge is 0.178 e. The van der Waals surface area contributed by atoms with Crippen LogP contribution in [0.5, 0.6) is 0 Å². The van der Waals surface area contributed by atoms with Gasteiger partial charge in [0.15, 0.2) is 5.78 Å². The van der Waals surface area contributed by atoms with E-state index in [1.165, 1.54) is 6.08 Å². The highest BCUT2D eigenvalue weighted by atomic mass is 16.1. The summed E-state index contributed by atoms with van der Waals surface area (Å²) in [7, 11) is 0. The number of carbonyl (C=O) groups excluding carboxylic acids is 1. The fraction of sp³-hybridized carbons (Fsp3) is 0. The second kappa shape index (κ2) is 4.29. The molecule has 1 rings (SSSR count). The van der Waals surface area contributed by atoms with Crippen molar-refractivity contribution >= 4 is 11.9 Å². The Balaban J connectivity index is 2.70. The summed E-state index contributed by atoms with van der Waals surface area (Å²) < 4.78 is 0. The summed E-state index contributed by atoms with van der Waals surface area (Å²) in [6.07, 6.45) is 4.21. The quantitative estimate of drug-likeness (QED) is 0.615. The van der Waals surface area contributed by atoms with Crippen molar-refractivity contribution in [2.45, 2.75) is 0 Å². The van der Waals surface area contributed by atoms with E-state index >= 15 is 0 Å². The number of rotatable bonds is 3. The van der Waals surface area contributed by atoms with E-state index in [0.717, 1.165) is 11.6 Å². The highest BCUT2D eigenvalue weighted by Crippen LogP contribution is 2.00. The summed E-state index contributed by atoms with van der Waals surface area (Å²) in [6.45, 7) is 5.01. The monoisotopic (exact) mass is 157 g/mol. The minimum absolute atomic E-state index is 0.182. The van der Waals surface area contributed by atoms with Crippen molar-refractivity contribution in [1.29, 1.82) is 0 Å². The molecule has 0 unspecified atom stereocenters. The number of benzene rings is 1. The van der Waals surface area contributed by atoms with E-state index in [0.29, 0.717) is 0 Å². The van der Waals surface area contributed by atoms with Crippen LogP contribution in [0.25, 0.3) is 6.08 Å². The van der Waals surface area contributed by atoms with Crippen molar-refractivity contribution in [1.82, 2.24) is 0 Å². The molecule has 1 nitrogen and oxygen atoms in total. The molecule has 1 aromatic carbocycles. The van der Waals surface area contributed by atoms with Crippen molar-refractivity contribution in [2.24, 2.45) is 0 Å². The standard InChI is InChI=1S/C11H9O/c1-2-11(12)9-8-10-6-4-3-5-7-10/h1-9H. The first-order valence-electron chi connectivity index (χ1n) is 3.65. The van der Waals surface area contributed by atoms with Gasteiger partial charge in [0.05, 0.1) is 0 Å². The molecule has 59 valence electrons. The van der Waals surface area contributed by atoms with E-state index in [1.807, 2.05) is 30.3 Å². The third-order valence-electron chi connectivity index (χ3n) is 1.40. The van der Waals surface area contributed by atoms with Gasteiger partial charge in [-0.1, -0.05) is 43.0 Å². The number of hydrogen-bond donors (Lipinski definition) is 0. The third-order valence-corrected chi connectivity index (χ3v) is 1.40. The first kappa shape index (κ1) is 8.47. The Morgan fingerprint density at radius 2 is 1.92 bits per heavy atom. The van der Waals surface area contributed by atoms with Gasteiger partial charge >= 0.3 is 0 Å². The van der Waals surface area contributed by atoms with Crippen LogP contribution in [0, 0.1) is 6.58 Å².